The van der Waals surface area contributed by atoms with Crippen LogP contribution in [0, 0.1) is 5.92 Å². The number of benzene rings is 2. The molecule has 24 heavy (non-hydrogen) atoms. The number of rotatable bonds is 5. The summed E-state index contributed by atoms with van der Waals surface area (Å²) in [6.45, 7) is 3.44. The van der Waals surface area contributed by atoms with Crippen molar-refractivity contribution in [3.8, 4) is 0 Å². The zero-order valence-corrected chi connectivity index (χ0v) is 14.7. The van der Waals surface area contributed by atoms with E-state index in [-0.39, 0.29) is 11.8 Å². The van der Waals surface area contributed by atoms with E-state index in [1.165, 1.54) is 0 Å². The van der Waals surface area contributed by atoms with Crippen molar-refractivity contribution in [2.45, 2.75) is 24.2 Å². The van der Waals surface area contributed by atoms with Crippen LogP contribution < -0.4 is 5.73 Å². The lowest BCUT2D eigenvalue weighted by molar-refractivity contribution is 0.458. The summed E-state index contributed by atoms with van der Waals surface area (Å²) in [6.07, 6.45) is 0.700. The van der Waals surface area contributed by atoms with Crippen molar-refractivity contribution in [1.29, 1.82) is 0 Å². The van der Waals surface area contributed by atoms with Crippen LogP contribution in [-0.2, 0) is 16.4 Å². The van der Waals surface area contributed by atoms with Gasteiger partial charge in [-0.3, -0.25) is 0 Å². The minimum absolute atomic E-state index is 0.149. The fourth-order valence-electron chi connectivity index (χ4n) is 3.53. The lowest BCUT2D eigenvalue weighted by Gasteiger charge is -2.18. The van der Waals surface area contributed by atoms with Crippen LogP contribution in [0.2, 0.25) is 0 Å². The first-order valence-electron chi connectivity index (χ1n) is 8.41. The third-order valence-electron chi connectivity index (χ3n) is 4.91. The normalized spacial score (nSPS) is 21.9. The van der Waals surface area contributed by atoms with Crippen molar-refractivity contribution in [3.63, 3.8) is 0 Å². The number of aryl methyl sites for hydroxylation is 1. The molecule has 1 saturated heterocycles. The molecule has 4 nitrogen and oxygen atoms in total. The van der Waals surface area contributed by atoms with E-state index in [0.717, 1.165) is 11.1 Å². The van der Waals surface area contributed by atoms with Crippen molar-refractivity contribution >= 4 is 10.0 Å². The second-order valence-electron chi connectivity index (χ2n) is 6.30. The Bertz CT molecular complexity index is 790. The molecule has 0 amide bonds. The number of hydrogen-bond acceptors (Lipinski definition) is 3. The molecule has 2 atom stereocenters. The number of nitrogens with zero attached hydrogens (tertiary/aromatic N) is 1. The molecule has 0 aromatic heterocycles. The van der Waals surface area contributed by atoms with Gasteiger partial charge in [0.05, 0.1) is 4.90 Å². The van der Waals surface area contributed by atoms with Crippen molar-refractivity contribution in [2.75, 3.05) is 19.6 Å². The highest BCUT2D eigenvalue weighted by Gasteiger charge is 2.39. The van der Waals surface area contributed by atoms with E-state index in [4.69, 9.17) is 5.73 Å². The maximum absolute atomic E-state index is 13.1. The molecule has 1 fully saturated rings. The van der Waals surface area contributed by atoms with Crippen molar-refractivity contribution in [1.82, 2.24) is 4.31 Å². The molecular formula is C19H24N2O2S. The van der Waals surface area contributed by atoms with Gasteiger partial charge in [0, 0.05) is 19.0 Å². The van der Waals surface area contributed by atoms with E-state index >= 15 is 0 Å². The topological polar surface area (TPSA) is 63.4 Å². The molecule has 2 aromatic rings. The third-order valence-corrected chi connectivity index (χ3v) is 6.84. The predicted molar refractivity (Wildman–Crippen MR) is 96.3 cm³/mol. The fraction of sp³-hybridized carbons (Fsp3) is 0.368. The molecule has 1 aliphatic heterocycles. The Morgan fingerprint density at radius 2 is 1.71 bits per heavy atom. The van der Waals surface area contributed by atoms with Crippen molar-refractivity contribution < 1.29 is 8.42 Å². The highest BCUT2D eigenvalue weighted by atomic mass is 32.2. The van der Waals surface area contributed by atoms with Gasteiger partial charge in [-0.15, -0.1) is 0 Å². The molecule has 0 saturated carbocycles. The van der Waals surface area contributed by atoms with Gasteiger partial charge in [0.15, 0.2) is 0 Å². The predicted octanol–water partition coefficient (Wildman–Crippen LogP) is 2.61. The largest absolute Gasteiger partial charge is 0.330 e. The summed E-state index contributed by atoms with van der Waals surface area (Å²) < 4.78 is 27.9. The van der Waals surface area contributed by atoms with Crippen LogP contribution in [0.1, 0.15) is 24.0 Å². The van der Waals surface area contributed by atoms with Gasteiger partial charge in [-0.2, -0.15) is 4.31 Å². The molecule has 0 unspecified atom stereocenters. The van der Waals surface area contributed by atoms with Gasteiger partial charge in [-0.1, -0.05) is 55.5 Å². The van der Waals surface area contributed by atoms with Gasteiger partial charge in [-0.05, 0) is 36.1 Å². The van der Waals surface area contributed by atoms with Crippen LogP contribution >= 0.6 is 0 Å². The van der Waals surface area contributed by atoms with Crippen molar-refractivity contribution in [2.24, 2.45) is 11.7 Å². The second-order valence-corrected chi connectivity index (χ2v) is 8.20. The third kappa shape index (κ3) is 3.11. The van der Waals surface area contributed by atoms with Crippen LogP contribution in [0.4, 0.5) is 0 Å². The number of nitrogens with two attached hydrogens (primary N) is 1. The highest BCUT2D eigenvalue weighted by Crippen LogP contribution is 2.35. The molecule has 1 aliphatic rings. The smallest absolute Gasteiger partial charge is 0.243 e. The molecule has 0 aliphatic carbocycles. The zero-order chi connectivity index (χ0) is 17.2. The molecule has 5 heteroatoms. The zero-order valence-electron chi connectivity index (χ0n) is 13.9. The Labute approximate surface area is 144 Å². The lowest BCUT2D eigenvalue weighted by Crippen LogP contribution is -2.30. The van der Waals surface area contributed by atoms with Crippen LogP contribution in [0.5, 0.6) is 0 Å². The quantitative estimate of drug-likeness (QED) is 0.907. The summed E-state index contributed by atoms with van der Waals surface area (Å²) in [7, 11) is -3.49. The first-order chi connectivity index (χ1) is 11.6. The SMILES string of the molecule is CCc1ccccc1S(=O)(=O)N1C[C@@H](CN)[C@H](c2ccccc2)C1. The summed E-state index contributed by atoms with van der Waals surface area (Å²) in [5.74, 6) is 0.302. The average molecular weight is 344 g/mol. The maximum atomic E-state index is 13.1. The highest BCUT2D eigenvalue weighted by molar-refractivity contribution is 7.89. The minimum atomic E-state index is -3.49. The van der Waals surface area contributed by atoms with Gasteiger partial charge in [0.25, 0.3) is 0 Å². The van der Waals surface area contributed by atoms with E-state index in [1.807, 2.05) is 37.3 Å². The number of sulfonamides is 1. The van der Waals surface area contributed by atoms with Gasteiger partial charge >= 0.3 is 0 Å². The summed E-state index contributed by atoms with van der Waals surface area (Å²) >= 11 is 0. The Morgan fingerprint density at radius 3 is 2.38 bits per heavy atom. The summed E-state index contributed by atoms with van der Waals surface area (Å²) in [5, 5.41) is 0. The Morgan fingerprint density at radius 1 is 1.04 bits per heavy atom. The van der Waals surface area contributed by atoms with E-state index in [1.54, 1.807) is 16.4 Å². The summed E-state index contributed by atoms with van der Waals surface area (Å²) in [4.78, 5) is 0.428. The van der Waals surface area contributed by atoms with E-state index in [0.29, 0.717) is 31.0 Å². The molecule has 0 radical (unpaired) electrons. The number of hydrogen-bond donors (Lipinski definition) is 1. The molecule has 0 spiro atoms. The van der Waals surface area contributed by atoms with Gasteiger partial charge in [0.1, 0.15) is 0 Å². The van der Waals surface area contributed by atoms with E-state index < -0.39 is 10.0 Å². The van der Waals surface area contributed by atoms with E-state index in [9.17, 15) is 8.42 Å². The van der Waals surface area contributed by atoms with Gasteiger partial charge < -0.3 is 5.73 Å². The molecule has 0 bridgehead atoms. The second kappa shape index (κ2) is 7.05. The maximum Gasteiger partial charge on any atom is 0.243 e. The molecule has 2 N–H and O–H groups in total. The van der Waals surface area contributed by atoms with Gasteiger partial charge in [0.2, 0.25) is 10.0 Å². The molecular weight excluding hydrogens is 320 g/mol. The molecule has 1 heterocycles. The van der Waals surface area contributed by atoms with Crippen LogP contribution in [0.15, 0.2) is 59.5 Å². The first kappa shape index (κ1) is 17.1. The first-order valence-corrected chi connectivity index (χ1v) is 9.85. The summed E-state index contributed by atoms with van der Waals surface area (Å²) in [5.41, 5.74) is 7.97. The lowest BCUT2D eigenvalue weighted by atomic mass is 9.89. The average Bonchev–Trinajstić information content (AvgIpc) is 3.07. The van der Waals surface area contributed by atoms with Crippen LogP contribution in [0.3, 0.4) is 0 Å². The Hall–Kier alpha value is -1.69. The van der Waals surface area contributed by atoms with Crippen LogP contribution in [0.25, 0.3) is 0 Å². The van der Waals surface area contributed by atoms with Gasteiger partial charge in [-0.25, -0.2) is 8.42 Å². The van der Waals surface area contributed by atoms with Crippen molar-refractivity contribution in [3.05, 3.63) is 65.7 Å². The minimum Gasteiger partial charge on any atom is -0.330 e. The molecule has 2 aromatic carbocycles. The fourth-order valence-corrected chi connectivity index (χ4v) is 5.35. The van der Waals surface area contributed by atoms with Crippen LogP contribution in [-0.4, -0.2) is 32.4 Å². The Balaban J connectivity index is 1.93. The molecule has 128 valence electrons. The Kier molecular flexibility index (Phi) is 5.04. The summed E-state index contributed by atoms with van der Waals surface area (Å²) in [6, 6.07) is 17.3. The standard InChI is InChI=1S/C19H24N2O2S/c1-2-15-8-6-7-11-19(15)24(22,23)21-13-17(12-20)18(14-21)16-9-4-3-5-10-16/h3-11,17-18H,2,12-14,20H2,1H3/t17-,18+/m1/s1. The van der Waals surface area contributed by atoms with E-state index in [2.05, 4.69) is 12.1 Å². The monoisotopic (exact) mass is 344 g/mol. The molecule has 3 rings (SSSR count).